The van der Waals surface area contributed by atoms with E-state index in [2.05, 4.69) is 60.7 Å². The Morgan fingerprint density at radius 3 is 0.963 bits per heavy atom. The summed E-state index contributed by atoms with van der Waals surface area (Å²) in [5.74, 6) is 1.74. The van der Waals surface area contributed by atoms with Crippen molar-refractivity contribution in [2.75, 3.05) is 0 Å². The zero-order chi connectivity index (χ0) is 18.3. The molecule has 1 nitrogen and oxygen atoms in total. The lowest BCUT2D eigenvalue weighted by atomic mass is 10.0. The van der Waals surface area contributed by atoms with Gasteiger partial charge in [-0.3, -0.25) is 0 Å². The third-order valence-electron chi connectivity index (χ3n) is 4.34. The van der Waals surface area contributed by atoms with E-state index in [0.29, 0.717) is 0 Å². The fraction of sp³-hybridized carbons (Fsp3) is 0. The SMILES string of the molecule is c1ccc(Oc2ccccc2)cc1.c1ccc2cc3ccccc3cc2c1. The number of hydrogen-bond acceptors (Lipinski definition) is 1. The molecular formula is C26H20O. The van der Waals surface area contributed by atoms with Gasteiger partial charge in [0.2, 0.25) is 0 Å². The molecule has 5 aromatic rings. The fourth-order valence-electron chi connectivity index (χ4n) is 3.00. The van der Waals surface area contributed by atoms with E-state index >= 15 is 0 Å². The lowest BCUT2D eigenvalue weighted by Crippen LogP contribution is -1.81. The highest BCUT2D eigenvalue weighted by Crippen LogP contribution is 2.22. The van der Waals surface area contributed by atoms with Crippen LogP contribution in [0, 0.1) is 0 Å². The van der Waals surface area contributed by atoms with Crippen LogP contribution in [0.4, 0.5) is 0 Å². The van der Waals surface area contributed by atoms with Gasteiger partial charge in [-0.1, -0.05) is 84.9 Å². The molecule has 0 N–H and O–H groups in total. The summed E-state index contributed by atoms with van der Waals surface area (Å²) in [7, 11) is 0. The van der Waals surface area contributed by atoms with Gasteiger partial charge in [0.05, 0.1) is 0 Å². The summed E-state index contributed by atoms with van der Waals surface area (Å²) in [6.07, 6.45) is 0. The minimum atomic E-state index is 0.869. The Kier molecular flexibility index (Phi) is 5.12. The van der Waals surface area contributed by atoms with Gasteiger partial charge in [0.25, 0.3) is 0 Å². The lowest BCUT2D eigenvalue weighted by molar-refractivity contribution is 0.482. The number of fused-ring (bicyclic) bond motifs is 2. The molecular weight excluding hydrogens is 328 g/mol. The van der Waals surface area contributed by atoms with Gasteiger partial charge in [-0.2, -0.15) is 0 Å². The van der Waals surface area contributed by atoms with E-state index in [0.717, 1.165) is 11.5 Å². The summed E-state index contributed by atoms with van der Waals surface area (Å²) >= 11 is 0. The maximum atomic E-state index is 5.58. The van der Waals surface area contributed by atoms with E-state index in [-0.39, 0.29) is 0 Å². The number of benzene rings is 5. The van der Waals surface area contributed by atoms with Crippen molar-refractivity contribution in [1.29, 1.82) is 0 Å². The Bertz CT molecular complexity index is 989. The normalized spacial score (nSPS) is 10.2. The maximum absolute atomic E-state index is 5.58. The van der Waals surface area contributed by atoms with E-state index in [9.17, 15) is 0 Å². The smallest absolute Gasteiger partial charge is 0.127 e. The third-order valence-corrected chi connectivity index (χ3v) is 4.34. The Hall–Kier alpha value is -3.58. The number of rotatable bonds is 2. The number of hydrogen-bond donors (Lipinski definition) is 0. The van der Waals surface area contributed by atoms with E-state index < -0.39 is 0 Å². The topological polar surface area (TPSA) is 9.23 Å². The third kappa shape index (κ3) is 4.34. The molecule has 0 bridgehead atoms. The maximum Gasteiger partial charge on any atom is 0.127 e. The highest BCUT2D eigenvalue weighted by molar-refractivity contribution is 5.98. The van der Waals surface area contributed by atoms with Crippen LogP contribution in [0.25, 0.3) is 21.5 Å². The summed E-state index contributed by atoms with van der Waals surface area (Å²) in [4.78, 5) is 0. The van der Waals surface area contributed by atoms with Gasteiger partial charge in [0.1, 0.15) is 11.5 Å². The molecule has 0 heterocycles. The van der Waals surface area contributed by atoms with Crippen molar-refractivity contribution in [2.45, 2.75) is 0 Å². The average molecular weight is 348 g/mol. The molecule has 0 amide bonds. The highest BCUT2D eigenvalue weighted by atomic mass is 16.5. The molecule has 0 aliphatic rings. The second-order valence-electron chi connectivity index (χ2n) is 6.27. The molecule has 0 saturated carbocycles. The monoisotopic (exact) mass is 348 g/mol. The standard InChI is InChI=1S/C14H10.C12H10O/c1-2-6-12-10-14-8-4-3-7-13(14)9-11(12)5-1;1-3-7-11(8-4-1)13-12-9-5-2-6-10-12/h1-10H;1-10H. The lowest BCUT2D eigenvalue weighted by Gasteiger charge is -2.03. The zero-order valence-electron chi connectivity index (χ0n) is 15.0. The van der Waals surface area contributed by atoms with Crippen molar-refractivity contribution in [3.8, 4) is 11.5 Å². The first-order chi connectivity index (χ1) is 13.4. The second kappa shape index (κ2) is 8.20. The van der Waals surface area contributed by atoms with Crippen molar-refractivity contribution < 1.29 is 4.74 Å². The Morgan fingerprint density at radius 1 is 0.333 bits per heavy atom. The molecule has 0 radical (unpaired) electrons. The molecule has 5 aromatic carbocycles. The predicted octanol–water partition coefficient (Wildman–Crippen LogP) is 7.47. The molecule has 0 fully saturated rings. The van der Waals surface area contributed by atoms with Crippen LogP contribution < -0.4 is 4.74 Å². The van der Waals surface area contributed by atoms with Crippen molar-refractivity contribution in [1.82, 2.24) is 0 Å². The van der Waals surface area contributed by atoms with E-state index in [1.54, 1.807) is 0 Å². The van der Waals surface area contributed by atoms with Crippen LogP contribution in [0.15, 0.2) is 121 Å². The van der Waals surface area contributed by atoms with Gasteiger partial charge in [0.15, 0.2) is 0 Å². The first kappa shape index (κ1) is 16.9. The van der Waals surface area contributed by atoms with Crippen LogP contribution in [0.2, 0.25) is 0 Å². The van der Waals surface area contributed by atoms with Crippen LogP contribution in [-0.4, -0.2) is 0 Å². The van der Waals surface area contributed by atoms with E-state index in [1.807, 2.05) is 60.7 Å². The summed E-state index contributed by atoms with van der Waals surface area (Å²) in [6, 6.07) is 40.9. The summed E-state index contributed by atoms with van der Waals surface area (Å²) in [6.45, 7) is 0. The van der Waals surface area contributed by atoms with E-state index in [4.69, 9.17) is 4.74 Å². The molecule has 27 heavy (non-hydrogen) atoms. The van der Waals surface area contributed by atoms with Crippen molar-refractivity contribution in [3.63, 3.8) is 0 Å². The van der Waals surface area contributed by atoms with Gasteiger partial charge in [-0.05, 0) is 57.9 Å². The zero-order valence-corrected chi connectivity index (χ0v) is 15.0. The molecule has 0 aliphatic heterocycles. The summed E-state index contributed by atoms with van der Waals surface area (Å²) in [5.41, 5.74) is 0. The average Bonchev–Trinajstić information content (AvgIpc) is 2.74. The van der Waals surface area contributed by atoms with Gasteiger partial charge in [-0.15, -0.1) is 0 Å². The minimum Gasteiger partial charge on any atom is -0.457 e. The van der Waals surface area contributed by atoms with Crippen molar-refractivity contribution in [2.24, 2.45) is 0 Å². The highest BCUT2D eigenvalue weighted by Gasteiger charge is 1.95. The number of ether oxygens (including phenoxy) is 1. The minimum absolute atomic E-state index is 0.869. The first-order valence-electron chi connectivity index (χ1n) is 9.04. The molecule has 0 aromatic heterocycles. The van der Waals surface area contributed by atoms with Gasteiger partial charge >= 0.3 is 0 Å². The first-order valence-corrected chi connectivity index (χ1v) is 9.04. The Labute approximate surface area is 159 Å². The fourth-order valence-corrected chi connectivity index (χ4v) is 3.00. The summed E-state index contributed by atoms with van der Waals surface area (Å²) in [5, 5.41) is 5.25. The largest absolute Gasteiger partial charge is 0.457 e. The van der Waals surface area contributed by atoms with Crippen LogP contribution in [0.5, 0.6) is 11.5 Å². The molecule has 0 unspecified atom stereocenters. The Balaban J connectivity index is 0.000000134. The molecule has 0 aliphatic carbocycles. The van der Waals surface area contributed by atoms with Crippen molar-refractivity contribution in [3.05, 3.63) is 121 Å². The predicted molar refractivity (Wildman–Crippen MR) is 114 cm³/mol. The van der Waals surface area contributed by atoms with Gasteiger partial charge < -0.3 is 4.74 Å². The van der Waals surface area contributed by atoms with Crippen LogP contribution in [-0.2, 0) is 0 Å². The quantitative estimate of drug-likeness (QED) is 0.301. The van der Waals surface area contributed by atoms with Gasteiger partial charge in [0, 0.05) is 0 Å². The molecule has 5 rings (SSSR count). The van der Waals surface area contributed by atoms with Gasteiger partial charge in [-0.25, -0.2) is 0 Å². The molecule has 1 heteroatoms. The van der Waals surface area contributed by atoms with Crippen LogP contribution in [0.3, 0.4) is 0 Å². The van der Waals surface area contributed by atoms with E-state index in [1.165, 1.54) is 21.5 Å². The molecule has 0 saturated heterocycles. The molecule has 0 atom stereocenters. The summed E-state index contributed by atoms with van der Waals surface area (Å²) < 4.78 is 5.58. The second-order valence-corrected chi connectivity index (χ2v) is 6.27. The van der Waals surface area contributed by atoms with Crippen LogP contribution in [0.1, 0.15) is 0 Å². The van der Waals surface area contributed by atoms with Crippen molar-refractivity contribution >= 4 is 21.5 Å². The molecule has 130 valence electrons. The molecule has 0 spiro atoms. The van der Waals surface area contributed by atoms with Crippen LogP contribution >= 0.6 is 0 Å². The Morgan fingerprint density at radius 2 is 0.630 bits per heavy atom. The number of para-hydroxylation sites is 2.